The van der Waals surface area contributed by atoms with Crippen molar-refractivity contribution in [2.24, 2.45) is 0 Å². The van der Waals surface area contributed by atoms with Gasteiger partial charge in [0.1, 0.15) is 5.75 Å². The molecule has 0 aliphatic carbocycles. The Morgan fingerprint density at radius 3 is 2.32 bits per heavy atom. The highest BCUT2D eigenvalue weighted by Gasteiger charge is 2.21. The Bertz CT molecular complexity index is 507. The van der Waals surface area contributed by atoms with Crippen molar-refractivity contribution < 1.29 is 33.6 Å². The number of esters is 1. The minimum atomic E-state index is -1.09. The molecule has 0 saturated carbocycles. The molecule has 22 heavy (non-hydrogen) atoms. The van der Waals surface area contributed by atoms with E-state index in [2.05, 4.69) is 0 Å². The molecule has 0 heterocycles. The number of benzene rings is 1. The number of methoxy groups -OCH3 is 1. The first kappa shape index (κ1) is 17.9. The molecule has 7 heteroatoms. The van der Waals surface area contributed by atoms with E-state index in [1.807, 2.05) is 0 Å². The average molecular weight is 312 g/mol. The van der Waals surface area contributed by atoms with Crippen LogP contribution in [0.4, 0.5) is 0 Å². The fraction of sp³-hybridized carbons (Fsp3) is 0.467. The lowest BCUT2D eigenvalue weighted by atomic mass is 10.1. The van der Waals surface area contributed by atoms with Crippen molar-refractivity contribution >= 4 is 11.9 Å². The molecule has 7 nitrogen and oxygen atoms in total. The van der Waals surface area contributed by atoms with Gasteiger partial charge in [-0.2, -0.15) is 0 Å². The van der Waals surface area contributed by atoms with Gasteiger partial charge in [0.2, 0.25) is 0 Å². The van der Waals surface area contributed by atoms with Crippen LogP contribution in [0.1, 0.15) is 36.1 Å². The zero-order valence-electron chi connectivity index (χ0n) is 12.8. The number of carboxylic acids is 1. The average Bonchev–Trinajstić information content (AvgIpc) is 2.51. The van der Waals surface area contributed by atoms with Crippen LogP contribution in [0.2, 0.25) is 0 Å². The number of aliphatic carboxylic acids is 1. The number of carboxylic acid groups (broad SMARTS) is 1. The number of hydrogen-bond donors (Lipinski definition) is 1. The lowest BCUT2D eigenvalue weighted by molar-refractivity contribution is -0.140. The van der Waals surface area contributed by atoms with Gasteiger partial charge in [0.05, 0.1) is 12.7 Å². The molecule has 0 atom stereocenters. The van der Waals surface area contributed by atoms with Crippen molar-refractivity contribution in [1.82, 2.24) is 0 Å². The van der Waals surface area contributed by atoms with Gasteiger partial charge in [0, 0.05) is 18.8 Å². The Balaban J connectivity index is 3.17. The molecule has 0 aliphatic rings. The first-order valence-corrected chi connectivity index (χ1v) is 6.83. The standard InChI is InChI=1S/C15H20O7/c1-4-20-15(21-5-2)12-8-10(22-9-13(16)17)6-7-11(12)14(18)19-3/h6-8,15H,4-5,9H2,1-3H3,(H,16,17). The molecule has 0 bridgehead atoms. The quantitative estimate of drug-likeness (QED) is 0.551. The van der Waals surface area contributed by atoms with E-state index >= 15 is 0 Å². The Hall–Kier alpha value is -2.12. The topological polar surface area (TPSA) is 91.3 Å². The molecule has 0 unspecified atom stereocenters. The molecule has 1 rings (SSSR count). The molecule has 122 valence electrons. The van der Waals surface area contributed by atoms with Crippen molar-refractivity contribution in [3.63, 3.8) is 0 Å². The summed E-state index contributed by atoms with van der Waals surface area (Å²) in [7, 11) is 1.28. The summed E-state index contributed by atoms with van der Waals surface area (Å²) in [4.78, 5) is 22.4. The van der Waals surface area contributed by atoms with Gasteiger partial charge in [-0.25, -0.2) is 9.59 Å². The van der Waals surface area contributed by atoms with E-state index in [4.69, 9.17) is 24.1 Å². The van der Waals surface area contributed by atoms with Crippen molar-refractivity contribution in [3.8, 4) is 5.75 Å². The highest BCUT2D eigenvalue weighted by atomic mass is 16.7. The van der Waals surface area contributed by atoms with Crippen LogP contribution < -0.4 is 4.74 Å². The zero-order chi connectivity index (χ0) is 16.5. The van der Waals surface area contributed by atoms with Gasteiger partial charge in [-0.3, -0.25) is 0 Å². The van der Waals surface area contributed by atoms with Gasteiger partial charge in [0.25, 0.3) is 0 Å². The van der Waals surface area contributed by atoms with Crippen LogP contribution >= 0.6 is 0 Å². The van der Waals surface area contributed by atoms with E-state index in [9.17, 15) is 9.59 Å². The first-order chi connectivity index (χ1) is 10.5. The Morgan fingerprint density at radius 2 is 1.82 bits per heavy atom. The maximum absolute atomic E-state index is 11.9. The summed E-state index contributed by atoms with van der Waals surface area (Å²) in [5, 5.41) is 8.65. The van der Waals surface area contributed by atoms with E-state index in [0.29, 0.717) is 24.5 Å². The second-order valence-corrected chi connectivity index (χ2v) is 4.17. The van der Waals surface area contributed by atoms with Gasteiger partial charge in [-0.05, 0) is 32.0 Å². The van der Waals surface area contributed by atoms with E-state index in [1.54, 1.807) is 13.8 Å². The Labute approximate surface area is 128 Å². The monoisotopic (exact) mass is 312 g/mol. The second-order valence-electron chi connectivity index (χ2n) is 4.17. The van der Waals surface area contributed by atoms with Crippen molar-refractivity contribution in [2.45, 2.75) is 20.1 Å². The molecule has 1 aromatic rings. The van der Waals surface area contributed by atoms with Crippen LogP contribution in [0, 0.1) is 0 Å². The van der Waals surface area contributed by atoms with Crippen LogP contribution in [0.5, 0.6) is 5.75 Å². The molecule has 0 radical (unpaired) electrons. The predicted molar refractivity (Wildman–Crippen MR) is 76.9 cm³/mol. The van der Waals surface area contributed by atoms with E-state index in [1.165, 1.54) is 25.3 Å². The molecule has 1 aromatic carbocycles. The molecular weight excluding hydrogens is 292 g/mol. The van der Waals surface area contributed by atoms with E-state index < -0.39 is 24.8 Å². The van der Waals surface area contributed by atoms with Gasteiger partial charge in [-0.15, -0.1) is 0 Å². The normalized spacial score (nSPS) is 10.5. The minimum absolute atomic E-state index is 0.275. The van der Waals surface area contributed by atoms with Crippen molar-refractivity contribution in [2.75, 3.05) is 26.9 Å². The molecule has 1 N–H and O–H groups in total. The van der Waals surface area contributed by atoms with Gasteiger partial charge in [-0.1, -0.05) is 0 Å². The summed E-state index contributed by atoms with van der Waals surface area (Å²) in [6, 6.07) is 4.50. The summed E-state index contributed by atoms with van der Waals surface area (Å²) < 4.78 is 20.8. The smallest absolute Gasteiger partial charge is 0.341 e. The summed E-state index contributed by atoms with van der Waals surface area (Å²) in [5.74, 6) is -1.33. The third kappa shape index (κ3) is 5.01. The van der Waals surface area contributed by atoms with E-state index in [-0.39, 0.29) is 5.56 Å². The summed E-state index contributed by atoms with van der Waals surface area (Å²) >= 11 is 0. The maximum Gasteiger partial charge on any atom is 0.341 e. The lowest BCUT2D eigenvalue weighted by Gasteiger charge is -2.20. The zero-order valence-corrected chi connectivity index (χ0v) is 12.8. The number of ether oxygens (including phenoxy) is 4. The fourth-order valence-corrected chi connectivity index (χ4v) is 1.80. The number of hydrogen-bond acceptors (Lipinski definition) is 6. The van der Waals surface area contributed by atoms with Crippen molar-refractivity contribution in [1.29, 1.82) is 0 Å². The summed E-state index contributed by atoms with van der Waals surface area (Å²) in [5.41, 5.74) is 0.704. The Kier molecular flexibility index (Phi) is 7.34. The summed E-state index contributed by atoms with van der Waals surface area (Å²) in [6.07, 6.45) is -0.766. The summed E-state index contributed by atoms with van der Waals surface area (Å²) in [6.45, 7) is 3.88. The van der Waals surface area contributed by atoms with E-state index in [0.717, 1.165) is 0 Å². The SMILES string of the molecule is CCOC(OCC)c1cc(OCC(=O)O)ccc1C(=O)OC. The lowest BCUT2D eigenvalue weighted by Crippen LogP contribution is -2.16. The van der Waals surface area contributed by atoms with Crippen LogP contribution in [-0.2, 0) is 19.0 Å². The molecule has 0 aromatic heterocycles. The molecule has 0 spiro atoms. The first-order valence-electron chi connectivity index (χ1n) is 6.83. The molecule has 0 amide bonds. The Morgan fingerprint density at radius 1 is 1.18 bits per heavy atom. The number of carbonyl (C=O) groups excluding carboxylic acids is 1. The second kappa shape index (κ2) is 9.01. The predicted octanol–water partition coefficient (Wildman–Crippen LogP) is 2.01. The molecular formula is C15H20O7. The highest BCUT2D eigenvalue weighted by Crippen LogP contribution is 2.28. The number of carbonyl (C=O) groups is 2. The van der Waals surface area contributed by atoms with Gasteiger partial charge in [0.15, 0.2) is 12.9 Å². The third-order valence-corrected chi connectivity index (χ3v) is 2.68. The minimum Gasteiger partial charge on any atom is -0.482 e. The molecule has 0 saturated heterocycles. The largest absolute Gasteiger partial charge is 0.482 e. The maximum atomic E-state index is 11.9. The van der Waals surface area contributed by atoms with Gasteiger partial charge < -0.3 is 24.1 Å². The fourth-order valence-electron chi connectivity index (χ4n) is 1.80. The molecule has 0 fully saturated rings. The van der Waals surface area contributed by atoms with Gasteiger partial charge >= 0.3 is 11.9 Å². The number of rotatable bonds is 9. The molecule has 0 aliphatic heterocycles. The van der Waals surface area contributed by atoms with Crippen LogP contribution in [0.3, 0.4) is 0 Å². The van der Waals surface area contributed by atoms with Crippen LogP contribution in [-0.4, -0.2) is 44.0 Å². The van der Waals surface area contributed by atoms with Crippen molar-refractivity contribution in [3.05, 3.63) is 29.3 Å². The van der Waals surface area contributed by atoms with Crippen LogP contribution in [0.15, 0.2) is 18.2 Å². The third-order valence-electron chi connectivity index (χ3n) is 2.68. The highest BCUT2D eigenvalue weighted by molar-refractivity contribution is 5.91. The van der Waals surface area contributed by atoms with Crippen LogP contribution in [0.25, 0.3) is 0 Å².